The summed E-state index contributed by atoms with van der Waals surface area (Å²) in [7, 11) is 1.73. The van der Waals surface area contributed by atoms with Crippen LogP contribution in [0.25, 0.3) is 11.1 Å². The number of anilines is 2. The Hall–Kier alpha value is -2.40. The molecule has 0 radical (unpaired) electrons. The van der Waals surface area contributed by atoms with Crippen molar-refractivity contribution in [1.29, 1.82) is 0 Å². The molecule has 5 heteroatoms. The number of rotatable bonds is 0. The fourth-order valence-electron chi connectivity index (χ4n) is 3.00. The van der Waals surface area contributed by atoms with Gasteiger partial charge in [-0.15, -0.1) is 0 Å². The van der Waals surface area contributed by atoms with E-state index >= 15 is 0 Å². The number of benzene rings is 2. The molecule has 0 aliphatic carbocycles. The van der Waals surface area contributed by atoms with Crippen molar-refractivity contribution < 1.29 is 9.59 Å². The normalized spacial score (nSPS) is 19.3. The van der Waals surface area contributed by atoms with Gasteiger partial charge in [0.05, 0.1) is 16.8 Å². The number of amides is 2. The molecule has 2 aromatic rings. The van der Waals surface area contributed by atoms with Gasteiger partial charge in [-0.25, -0.2) is 0 Å². The van der Waals surface area contributed by atoms with Gasteiger partial charge in [0.15, 0.2) is 0 Å². The lowest BCUT2D eigenvalue weighted by molar-refractivity contribution is -0.113. The van der Waals surface area contributed by atoms with Crippen LogP contribution in [0.15, 0.2) is 46.9 Å². The molecule has 2 heterocycles. The Bertz CT molecular complexity index is 886. The van der Waals surface area contributed by atoms with Crippen LogP contribution in [0.2, 0.25) is 0 Å². The third kappa shape index (κ3) is 1.69. The highest BCUT2D eigenvalue weighted by molar-refractivity contribution is 9.10. The molecule has 2 aliphatic rings. The zero-order valence-electron chi connectivity index (χ0n) is 11.7. The molecular formula is C17H11BrN2O2. The molecule has 2 aliphatic heterocycles. The molecule has 0 fully saturated rings. The second kappa shape index (κ2) is 4.55. The lowest BCUT2D eigenvalue weighted by Crippen LogP contribution is -2.21. The number of nitrogens with zero attached hydrogens (tertiary/aromatic N) is 1. The number of carbonyl (C=O) groups excluding carboxylic acids is 2. The molecule has 0 spiro atoms. The molecule has 0 saturated carbocycles. The average Bonchev–Trinajstić information content (AvgIpc) is 2.95. The number of hydrogen-bond donors (Lipinski definition) is 1. The van der Waals surface area contributed by atoms with E-state index in [0.717, 1.165) is 27.0 Å². The van der Waals surface area contributed by atoms with E-state index in [1.165, 1.54) is 0 Å². The van der Waals surface area contributed by atoms with Crippen molar-refractivity contribution in [3.05, 3.63) is 58.1 Å². The number of carbonyl (C=O) groups is 2. The van der Waals surface area contributed by atoms with Crippen LogP contribution in [-0.4, -0.2) is 18.9 Å². The Balaban J connectivity index is 2.06. The summed E-state index contributed by atoms with van der Waals surface area (Å²) in [4.78, 5) is 26.7. The van der Waals surface area contributed by atoms with Crippen LogP contribution in [0, 0.1) is 0 Å². The summed E-state index contributed by atoms with van der Waals surface area (Å²) < 4.78 is 0.868. The molecule has 4 nitrogen and oxygen atoms in total. The van der Waals surface area contributed by atoms with E-state index in [1.54, 1.807) is 11.9 Å². The molecular weight excluding hydrogens is 344 g/mol. The predicted octanol–water partition coefficient (Wildman–Crippen LogP) is 3.29. The van der Waals surface area contributed by atoms with E-state index in [1.807, 2.05) is 42.5 Å². The number of halogens is 1. The van der Waals surface area contributed by atoms with Crippen LogP contribution in [0.4, 0.5) is 11.4 Å². The largest absolute Gasteiger partial charge is 0.321 e. The van der Waals surface area contributed by atoms with Crippen molar-refractivity contribution in [1.82, 2.24) is 0 Å². The molecule has 22 heavy (non-hydrogen) atoms. The molecule has 108 valence electrons. The first kappa shape index (κ1) is 13.3. The highest BCUT2D eigenvalue weighted by atomic mass is 79.9. The Labute approximate surface area is 135 Å². The minimum atomic E-state index is -0.235. The van der Waals surface area contributed by atoms with Crippen molar-refractivity contribution in [3.8, 4) is 0 Å². The first-order valence-corrected chi connectivity index (χ1v) is 7.60. The summed E-state index contributed by atoms with van der Waals surface area (Å²) in [6.07, 6.45) is 0. The minimum Gasteiger partial charge on any atom is -0.321 e. The van der Waals surface area contributed by atoms with Gasteiger partial charge in [-0.3, -0.25) is 9.59 Å². The molecule has 2 amide bonds. The zero-order chi connectivity index (χ0) is 15.4. The Kier molecular flexibility index (Phi) is 2.74. The van der Waals surface area contributed by atoms with Crippen molar-refractivity contribution in [2.45, 2.75) is 0 Å². The maximum atomic E-state index is 12.7. The predicted molar refractivity (Wildman–Crippen MR) is 89.4 cm³/mol. The highest BCUT2D eigenvalue weighted by Gasteiger charge is 2.37. The van der Waals surface area contributed by atoms with Crippen molar-refractivity contribution >= 4 is 50.3 Å². The van der Waals surface area contributed by atoms with Gasteiger partial charge in [-0.1, -0.05) is 34.1 Å². The maximum Gasteiger partial charge on any atom is 0.259 e. The summed E-state index contributed by atoms with van der Waals surface area (Å²) in [5.41, 5.74) is 4.02. The summed E-state index contributed by atoms with van der Waals surface area (Å²) in [6, 6.07) is 13.1. The number of nitrogens with one attached hydrogen (secondary N) is 1. The third-order valence-corrected chi connectivity index (χ3v) is 4.52. The van der Waals surface area contributed by atoms with Crippen LogP contribution < -0.4 is 10.2 Å². The number of hydrogen-bond acceptors (Lipinski definition) is 2. The molecule has 0 bridgehead atoms. The van der Waals surface area contributed by atoms with Gasteiger partial charge in [0, 0.05) is 28.3 Å². The first-order valence-electron chi connectivity index (χ1n) is 6.81. The van der Waals surface area contributed by atoms with Gasteiger partial charge < -0.3 is 10.2 Å². The zero-order valence-corrected chi connectivity index (χ0v) is 13.3. The van der Waals surface area contributed by atoms with E-state index in [4.69, 9.17) is 0 Å². The second-order valence-electron chi connectivity index (χ2n) is 5.28. The van der Waals surface area contributed by atoms with E-state index in [9.17, 15) is 9.59 Å². The first-order chi connectivity index (χ1) is 10.6. The number of fused-ring (bicyclic) bond motifs is 2. The van der Waals surface area contributed by atoms with Gasteiger partial charge in [-0.2, -0.15) is 0 Å². The van der Waals surface area contributed by atoms with Crippen molar-refractivity contribution in [3.63, 3.8) is 0 Å². The monoisotopic (exact) mass is 354 g/mol. The van der Waals surface area contributed by atoms with Gasteiger partial charge in [0.1, 0.15) is 0 Å². The minimum absolute atomic E-state index is 0.154. The van der Waals surface area contributed by atoms with E-state index < -0.39 is 0 Å². The molecule has 0 aromatic heterocycles. The van der Waals surface area contributed by atoms with Gasteiger partial charge >= 0.3 is 0 Å². The SMILES string of the molecule is CN1C(=O)/C(=C2/C(=O)Nc3ccc(Br)cc32)c2ccccc21. The standard InChI is InChI=1S/C17H11BrN2O2/c1-20-13-5-3-2-4-10(13)15(17(20)22)14-11-8-9(18)6-7-12(11)19-16(14)21/h2-8H,1H3,(H,19,21)/b15-14+. The molecule has 0 atom stereocenters. The summed E-state index contributed by atoms with van der Waals surface area (Å²) in [5.74, 6) is -0.388. The van der Waals surface area contributed by atoms with Crippen LogP contribution >= 0.6 is 15.9 Å². The molecule has 0 unspecified atom stereocenters. The van der Waals surface area contributed by atoms with E-state index in [-0.39, 0.29) is 11.8 Å². The summed E-state index contributed by atoms with van der Waals surface area (Å²) in [5, 5.41) is 2.83. The smallest absolute Gasteiger partial charge is 0.259 e. The van der Waals surface area contributed by atoms with E-state index in [2.05, 4.69) is 21.2 Å². The van der Waals surface area contributed by atoms with Gasteiger partial charge in [-0.05, 0) is 24.3 Å². The van der Waals surface area contributed by atoms with Crippen molar-refractivity contribution in [2.24, 2.45) is 0 Å². The van der Waals surface area contributed by atoms with Crippen LogP contribution in [-0.2, 0) is 9.59 Å². The molecule has 0 saturated heterocycles. The lowest BCUT2D eigenvalue weighted by Gasteiger charge is -2.08. The molecule has 4 rings (SSSR count). The third-order valence-electron chi connectivity index (χ3n) is 4.03. The van der Waals surface area contributed by atoms with Crippen LogP contribution in [0.1, 0.15) is 11.1 Å². The fourth-order valence-corrected chi connectivity index (χ4v) is 3.36. The van der Waals surface area contributed by atoms with Crippen molar-refractivity contribution in [2.75, 3.05) is 17.3 Å². The fraction of sp³-hybridized carbons (Fsp3) is 0.0588. The van der Waals surface area contributed by atoms with Crippen LogP contribution in [0.3, 0.4) is 0 Å². The van der Waals surface area contributed by atoms with Gasteiger partial charge in [0.25, 0.3) is 11.8 Å². The molecule has 2 aromatic carbocycles. The highest BCUT2D eigenvalue weighted by Crippen LogP contribution is 2.44. The average molecular weight is 355 g/mol. The Morgan fingerprint density at radius 1 is 1.00 bits per heavy atom. The summed E-state index contributed by atoms with van der Waals surface area (Å²) >= 11 is 3.42. The topological polar surface area (TPSA) is 49.4 Å². The Morgan fingerprint density at radius 2 is 1.77 bits per heavy atom. The van der Waals surface area contributed by atoms with Crippen LogP contribution in [0.5, 0.6) is 0 Å². The van der Waals surface area contributed by atoms with E-state index in [0.29, 0.717) is 11.1 Å². The maximum absolute atomic E-state index is 12.7. The second-order valence-corrected chi connectivity index (χ2v) is 6.19. The number of para-hydroxylation sites is 1. The number of likely N-dealkylation sites (N-methyl/N-ethyl adjacent to an activating group) is 1. The Morgan fingerprint density at radius 3 is 2.59 bits per heavy atom. The quantitative estimate of drug-likeness (QED) is 0.738. The van der Waals surface area contributed by atoms with Gasteiger partial charge in [0.2, 0.25) is 0 Å². The summed E-state index contributed by atoms with van der Waals surface area (Å²) in [6.45, 7) is 0. The lowest BCUT2D eigenvalue weighted by atomic mass is 9.96. The molecule has 1 N–H and O–H groups in total.